The van der Waals surface area contributed by atoms with E-state index in [1.54, 1.807) is 16.7 Å². The highest BCUT2D eigenvalue weighted by molar-refractivity contribution is 5.83. The maximum atomic E-state index is 12.3. The van der Waals surface area contributed by atoms with E-state index in [9.17, 15) is 9.59 Å². The molecule has 1 aliphatic rings. The summed E-state index contributed by atoms with van der Waals surface area (Å²) in [5, 5.41) is 0.589. The molecule has 1 aromatic carbocycles. The fourth-order valence-electron chi connectivity index (χ4n) is 2.52. The number of nitrogens with zero attached hydrogens (tertiary/aromatic N) is 2. The maximum Gasteiger partial charge on any atom is 0.261 e. The number of hydrogen-bond acceptors (Lipinski definition) is 3. The predicted molar refractivity (Wildman–Crippen MR) is 67.2 cm³/mol. The Labute approximate surface area is 103 Å². The van der Waals surface area contributed by atoms with Gasteiger partial charge in [-0.2, -0.15) is 0 Å². The number of benzene rings is 1. The van der Waals surface area contributed by atoms with Gasteiger partial charge in [-0.05, 0) is 25.0 Å². The first kappa shape index (κ1) is 11.0. The third-order valence-electron chi connectivity index (χ3n) is 3.42. The van der Waals surface area contributed by atoms with E-state index in [1.807, 2.05) is 12.1 Å². The lowest BCUT2D eigenvalue weighted by Crippen LogP contribution is -2.35. The van der Waals surface area contributed by atoms with Crippen molar-refractivity contribution in [1.82, 2.24) is 9.55 Å². The molecule has 92 valence electrons. The zero-order valence-corrected chi connectivity index (χ0v) is 9.80. The fraction of sp³-hybridized carbons (Fsp3) is 0.308. The van der Waals surface area contributed by atoms with E-state index < -0.39 is 11.8 Å². The first-order valence-electron chi connectivity index (χ1n) is 5.97. The van der Waals surface area contributed by atoms with E-state index in [2.05, 4.69) is 4.98 Å². The Balaban J connectivity index is 2.34. The molecule has 3 rings (SSSR count). The highest BCUT2D eigenvalue weighted by atomic mass is 16.1. The molecule has 1 amide bonds. The molecule has 0 bridgehead atoms. The summed E-state index contributed by atoms with van der Waals surface area (Å²) in [5.41, 5.74) is 5.93. The van der Waals surface area contributed by atoms with Crippen LogP contribution in [-0.2, 0) is 11.3 Å². The molecule has 2 heterocycles. The monoisotopic (exact) mass is 243 g/mol. The van der Waals surface area contributed by atoms with Gasteiger partial charge in [-0.1, -0.05) is 12.1 Å². The largest absolute Gasteiger partial charge is 0.369 e. The van der Waals surface area contributed by atoms with Crippen molar-refractivity contribution in [2.75, 3.05) is 0 Å². The third kappa shape index (κ3) is 1.51. The number of aromatic nitrogens is 2. The second kappa shape index (κ2) is 3.94. The van der Waals surface area contributed by atoms with Gasteiger partial charge >= 0.3 is 0 Å². The van der Waals surface area contributed by atoms with Gasteiger partial charge in [0.2, 0.25) is 5.91 Å². The van der Waals surface area contributed by atoms with Crippen LogP contribution < -0.4 is 11.3 Å². The van der Waals surface area contributed by atoms with Crippen LogP contribution in [0.25, 0.3) is 10.9 Å². The molecule has 18 heavy (non-hydrogen) atoms. The number of carbonyl (C=O) groups is 1. The Morgan fingerprint density at radius 2 is 2.17 bits per heavy atom. The normalized spacial score (nSPS) is 18.6. The quantitative estimate of drug-likeness (QED) is 0.803. The van der Waals surface area contributed by atoms with Gasteiger partial charge in [0, 0.05) is 6.54 Å². The molecule has 0 aliphatic carbocycles. The number of fused-ring (bicyclic) bond motifs is 2. The van der Waals surface area contributed by atoms with Crippen molar-refractivity contribution in [3.8, 4) is 0 Å². The van der Waals surface area contributed by atoms with E-state index in [4.69, 9.17) is 5.73 Å². The number of nitrogens with two attached hydrogens (primary N) is 1. The molecular weight excluding hydrogens is 230 g/mol. The van der Waals surface area contributed by atoms with Crippen LogP contribution in [0.1, 0.15) is 24.6 Å². The lowest BCUT2D eigenvalue weighted by atomic mass is 9.97. The van der Waals surface area contributed by atoms with Gasteiger partial charge in [0.15, 0.2) is 0 Å². The summed E-state index contributed by atoms with van der Waals surface area (Å²) >= 11 is 0. The number of hydrogen-bond donors (Lipinski definition) is 1. The number of amides is 1. The number of rotatable bonds is 1. The third-order valence-corrected chi connectivity index (χ3v) is 3.42. The van der Waals surface area contributed by atoms with Gasteiger partial charge < -0.3 is 5.73 Å². The van der Waals surface area contributed by atoms with Crippen molar-refractivity contribution < 1.29 is 4.79 Å². The van der Waals surface area contributed by atoms with Crippen molar-refractivity contribution >= 4 is 16.8 Å². The number of carbonyl (C=O) groups excluding carboxylic acids is 1. The van der Waals surface area contributed by atoms with Gasteiger partial charge in [0.25, 0.3) is 5.56 Å². The molecule has 2 aromatic rings. The minimum absolute atomic E-state index is 0.0819. The molecule has 1 aromatic heterocycles. The fourth-order valence-corrected chi connectivity index (χ4v) is 2.52. The number of para-hydroxylation sites is 1. The van der Waals surface area contributed by atoms with Crippen molar-refractivity contribution in [2.24, 2.45) is 5.73 Å². The molecule has 0 saturated carbocycles. The van der Waals surface area contributed by atoms with Crippen LogP contribution in [0.15, 0.2) is 29.1 Å². The van der Waals surface area contributed by atoms with Crippen LogP contribution >= 0.6 is 0 Å². The highest BCUT2D eigenvalue weighted by Crippen LogP contribution is 2.25. The number of primary amides is 1. The Morgan fingerprint density at radius 3 is 2.94 bits per heavy atom. The molecule has 2 N–H and O–H groups in total. The summed E-state index contributed by atoms with van der Waals surface area (Å²) in [6, 6.07) is 7.18. The zero-order valence-electron chi connectivity index (χ0n) is 9.80. The van der Waals surface area contributed by atoms with Crippen LogP contribution in [0.4, 0.5) is 0 Å². The maximum absolute atomic E-state index is 12.3. The van der Waals surface area contributed by atoms with E-state index in [1.165, 1.54) is 0 Å². The highest BCUT2D eigenvalue weighted by Gasteiger charge is 2.27. The molecule has 0 saturated heterocycles. The van der Waals surface area contributed by atoms with Crippen LogP contribution in [0, 0.1) is 0 Å². The summed E-state index contributed by atoms with van der Waals surface area (Å²) in [5.74, 6) is -0.348. The van der Waals surface area contributed by atoms with Crippen LogP contribution in [0.5, 0.6) is 0 Å². The van der Waals surface area contributed by atoms with Crippen LogP contribution in [0.2, 0.25) is 0 Å². The van der Waals surface area contributed by atoms with Crippen LogP contribution in [-0.4, -0.2) is 15.5 Å². The van der Waals surface area contributed by atoms with E-state index in [0.29, 0.717) is 29.7 Å². The molecule has 1 atom stereocenters. The average molecular weight is 243 g/mol. The molecule has 1 unspecified atom stereocenters. The lowest BCUT2D eigenvalue weighted by molar-refractivity contribution is -0.120. The standard InChI is InChI=1S/C13H13N3O2/c14-11(17)9-5-3-7-16-12(9)15-10-6-2-1-4-8(10)13(16)18/h1-2,4,6,9H,3,5,7H2,(H2,14,17). The Bertz CT molecular complexity index is 690. The summed E-state index contributed by atoms with van der Waals surface area (Å²) in [6.07, 6.45) is 1.45. The summed E-state index contributed by atoms with van der Waals surface area (Å²) in [6.45, 7) is 0.607. The van der Waals surface area contributed by atoms with Crippen molar-refractivity contribution in [1.29, 1.82) is 0 Å². The molecule has 0 fully saturated rings. The smallest absolute Gasteiger partial charge is 0.261 e. The van der Waals surface area contributed by atoms with E-state index in [-0.39, 0.29) is 5.56 Å². The topological polar surface area (TPSA) is 78.0 Å². The van der Waals surface area contributed by atoms with Crippen molar-refractivity contribution in [3.63, 3.8) is 0 Å². The Hall–Kier alpha value is -2.17. The molecule has 1 aliphatic heterocycles. The predicted octanol–water partition coefficient (Wildman–Crippen LogP) is 0.759. The average Bonchev–Trinajstić information content (AvgIpc) is 2.38. The first-order valence-corrected chi connectivity index (χ1v) is 5.97. The summed E-state index contributed by atoms with van der Waals surface area (Å²) < 4.78 is 1.58. The molecule has 5 nitrogen and oxygen atoms in total. The van der Waals surface area contributed by atoms with Gasteiger partial charge in [-0.15, -0.1) is 0 Å². The van der Waals surface area contributed by atoms with Crippen molar-refractivity contribution in [3.05, 3.63) is 40.4 Å². The molecular formula is C13H13N3O2. The van der Waals surface area contributed by atoms with Gasteiger partial charge in [0.05, 0.1) is 16.8 Å². The van der Waals surface area contributed by atoms with Gasteiger partial charge in [-0.25, -0.2) is 4.98 Å². The molecule has 5 heteroatoms. The van der Waals surface area contributed by atoms with Gasteiger partial charge in [-0.3, -0.25) is 14.2 Å². The zero-order chi connectivity index (χ0) is 12.7. The molecule has 0 spiro atoms. The van der Waals surface area contributed by atoms with Gasteiger partial charge in [0.1, 0.15) is 5.82 Å². The molecule has 0 radical (unpaired) electrons. The summed E-state index contributed by atoms with van der Waals surface area (Å²) in [4.78, 5) is 28.2. The Morgan fingerprint density at radius 1 is 1.39 bits per heavy atom. The van der Waals surface area contributed by atoms with Crippen molar-refractivity contribution in [2.45, 2.75) is 25.3 Å². The van der Waals surface area contributed by atoms with E-state index >= 15 is 0 Å². The lowest BCUT2D eigenvalue weighted by Gasteiger charge is -2.23. The SMILES string of the molecule is NC(=O)C1CCCn2c1nc1ccccc1c2=O. The second-order valence-electron chi connectivity index (χ2n) is 4.54. The summed E-state index contributed by atoms with van der Waals surface area (Å²) in [7, 11) is 0. The first-order chi connectivity index (χ1) is 8.68. The Kier molecular flexibility index (Phi) is 2.40. The second-order valence-corrected chi connectivity index (χ2v) is 4.54. The van der Waals surface area contributed by atoms with Crippen LogP contribution in [0.3, 0.4) is 0 Å². The minimum atomic E-state index is -0.448. The minimum Gasteiger partial charge on any atom is -0.369 e. The van der Waals surface area contributed by atoms with E-state index in [0.717, 1.165) is 6.42 Å².